The molecule has 0 saturated heterocycles. The summed E-state index contributed by atoms with van der Waals surface area (Å²) in [6.45, 7) is 3.98. The highest BCUT2D eigenvalue weighted by Crippen LogP contribution is 2.25. The fourth-order valence-corrected chi connectivity index (χ4v) is 3.41. The van der Waals surface area contributed by atoms with E-state index in [4.69, 9.17) is 10.5 Å². The molecule has 7 nitrogen and oxygen atoms in total. The highest BCUT2D eigenvalue weighted by molar-refractivity contribution is 5.85. The summed E-state index contributed by atoms with van der Waals surface area (Å²) in [5.74, 6) is 0.296. The molecular weight excluding hydrogens is 414 g/mol. The van der Waals surface area contributed by atoms with Crippen molar-refractivity contribution in [1.82, 2.24) is 19.9 Å². The van der Waals surface area contributed by atoms with E-state index in [0.717, 1.165) is 16.7 Å². The molecule has 1 amide bonds. The molecule has 0 unspecified atom stereocenters. The summed E-state index contributed by atoms with van der Waals surface area (Å²) in [5.41, 5.74) is 8.75. The number of carbonyl (C=O) groups excluding carboxylic acids is 1. The molecule has 4 aromatic rings. The first kappa shape index (κ1) is 24.1. The van der Waals surface area contributed by atoms with Gasteiger partial charge in [0, 0.05) is 11.8 Å². The number of hydrogen-bond acceptors (Lipinski definition) is 5. The molecule has 33 heavy (non-hydrogen) atoms. The van der Waals surface area contributed by atoms with E-state index in [9.17, 15) is 4.79 Å². The van der Waals surface area contributed by atoms with Crippen molar-refractivity contribution in [3.8, 4) is 11.1 Å². The number of carbonyl (C=O) groups is 1. The van der Waals surface area contributed by atoms with Gasteiger partial charge in [-0.3, -0.25) is 9.20 Å². The number of amides is 1. The van der Waals surface area contributed by atoms with Crippen LogP contribution in [0.4, 0.5) is 0 Å². The summed E-state index contributed by atoms with van der Waals surface area (Å²) in [4.78, 5) is 12.7. The Morgan fingerprint density at radius 2 is 1.70 bits per heavy atom. The number of pyridine rings is 1. The smallest absolute Gasteiger partial charge is 0.240 e. The number of aromatic nitrogens is 3. The highest BCUT2D eigenvalue weighted by atomic mass is 16.5. The van der Waals surface area contributed by atoms with E-state index < -0.39 is 11.6 Å². The SMILES string of the molecule is C.CC(C)(N)C(=O)N[C@H](COCc1ccccc1)c1nnc2c(-c3ccccc3)cccn12. The molecule has 0 radical (unpaired) electrons. The second-order valence-electron chi connectivity index (χ2n) is 8.29. The van der Waals surface area contributed by atoms with Gasteiger partial charge in [0.15, 0.2) is 11.5 Å². The zero-order valence-electron chi connectivity index (χ0n) is 18.2. The predicted molar refractivity (Wildman–Crippen MR) is 130 cm³/mol. The quantitative estimate of drug-likeness (QED) is 0.425. The number of hydrogen-bond donors (Lipinski definition) is 2. The Morgan fingerprint density at radius 1 is 1.03 bits per heavy atom. The van der Waals surface area contributed by atoms with Gasteiger partial charge < -0.3 is 15.8 Å². The van der Waals surface area contributed by atoms with E-state index in [-0.39, 0.29) is 19.9 Å². The molecule has 4 rings (SSSR count). The number of nitrogens with zero attached hydrogens (tertiary/aromatic N) is 3. The standard InChI is InChI=1S/C25H27N5O2.CH4/c1-25(2,26)24(31)27-21(17-32-16-18-10-5-3-6-11-18)23-29-28-22-20(14-9-15-30(22)23)19-12-7-4-8-13-19;/h3-15,21H,16-17,26H2,1-2H3,(H,27,31);1H4/t21-;/m1./s1. The summed E-state index contributed by atoms with van der Waals surface area (Å²) in [5, 5.41) is 11.8. The summed E-state index contributed by atoms with van der Waals surface area (Å²) in [6.07, 6.45) is 1.89. The summed E-state index contributed by atoms with van der Waals surface area (Å²) >= 11 is 0. The molecule has 2 heterocycles. The van der Waals surface area contributed by atoms with Gasteiger partial charge in [0.05, 0.1) is 18.8 Å². The minimum Gasteiger partial charge on any atom is -0.374 e. The largest absolute Gasteiger partial charge is 0.374 e. The zero-order chi connectivity index (χ0) is 22.6. The summed E-state index contributed by atoms with van der Waals surface area (Å²) in [6, 6.07) is 23.3. The number of nitrogens with one attached hydrogen (secondary N) is 1. The van der Waals surface area contributed by atoms with E-state index in [2.05, 4.69) is 15.5 Å². The molecular formula is C26H31N5O2. The molecule has 0 fully saturated rings. The Morgan fingerprint density at radius 3 is 2.36 bits per heavy atom. The van der Waals surface area contributed by atoms with Crippen LogP contribution in [-0.2, 0) is 16.1 Å². The zero-order valence-corrected chi connectivity index (χ0v) is 18.2. The number of fused-ring (bicyclic) bond motifs is 1. The van der Waals surface area contributed by atoms with Gasteiger partial charge in [-0.05, 0) is 37.1 Å². The average molecular weight is 446 g/mol. The van der Waals surface area contributed by atoms with Crippen molar-refractivity contribution in [1.29, 1.82) is 0 Å². The van der Waals surface area contributed by atoms with E-state index >= 15 is 0 Å². The van der Waals surface area contributed by atoms with Crippen molar-refractivity contribution in [3.63, 3.8) is 0 Å². The van der Waals surface area contributed by atoms with Crippen molar-refractivity contribution in [2.45, 2.75) is 39.5 Å². The Hall–Kier alpha value is -3.55. The molecule has 0 aliphatic carbocycles. The Bertz CT molecular complexity index is 1180. The molecule has 2 aromatic heterocycles. The van der Waals surface area contributed by atoms with Crippen molar-refractivity contribution in [3.05, 3.63) is 90.4 Å². The summed E-state index contributed by atoms with van der Waals surface area (Å²) in [7, 11) is 0. The van der Waals surface area contributed by atoms with Crippen LogP contribution in [0.3, 0.4) is 0 Å². The third-order valence-electron chi connectivity index (χ3n) is 5.14. The first-order valence-electron chi connectivity index (χ1n) is 10.5. The summed E-state index contributed by atoms with van der Waals surface area (Å²) < 4.78 is 7.84. The van der Waals surface area contributed by atoms with Crippen molar-refractivity contribution in [2.75, 3.05) is 6.61 Å². The molecule has 0 aliphatic rings. The van der Waals surface area contributed by atoms with Gasteiger partial charge in [-0.15, -0.1) is 10.2 Å². The van der Waals surface area contributed by atoms with Crippen LogP contribution in [0.15, 0.2) is 79.0 Å². The van der Waals surface area contributed by atoms with Gasteiger partial charge >= 0.3 is 0 Å². The normalized spacial score (nSPS) is 12.2. The van der Waals surface area contributed by atoms with E-state index in [0.29, 0.717) is 18.1 Å². The predicted octanol–water partition coefficient (Wildman–Crippen LogP) is 4.14. The second-order valence-corrected chi connectivity index (χ2v) is 8.29. The first-order chi connectivity index (χ1) is 15.4. The molecule has 0 saturated carbocycles. The van der Waals surface area contributed by atoms with E-state index in [1.807, 2.05) is 83.4 Å². The molecule has 0 bridgehead atoms. The minimum atomic E-state index is -1.03. The molecule has 2 aromatic carbocycles. The molecule has 172 valence electrons. The Balaban J connectivity index is 0.00000306. The molecule has 1 atom stereocenters. The number of benzene rings is 2. The lowest BCUT2D eigenvalue weighted by Crippen LogP contribution is -2.50. The lowest BCUT2D eigenvalue weighted by molar-refractivity contribution is -0.126. The monoisotopic (exact) mass is 445 g/mol. The fourth-order valence-electron chi connectivity index (χ4n) is 3.41. The maximum Gasteiger partial charge on any atom is 0.240 e. The van der Waals surface area contributed by atoms with Gasteiger partial charge in [0.1, 0.15) is 6.04 Å². The first-order valence-corrected chi connectivity index (χ1v) is 10.5. The van der Waals surface area contributed by atoms with Crippen molar-refractivity contribution >= 4 is 11.6 Å². The van der Waals surface area contributed by atoms with Crippen LogP contribution in [0.25, 0.3) is 16.8 Å². The van der Waals surface area contributed by atoms with Crippen LogP contribution < -0.4 is 11.1 Å². The fraction of sp³-hybridized carbons (Fsp3) is 0.269. The Kier molecular flexibility index (Phi) is 7.58. The van der Waals surface area contributed by atoms with Crippen LogP contribution in [0.2, 0.25) is 0 Å². The topological polar surface area (TPSA) is 94.5 Å². The number of ether oxygens (including phenoxy) is 1. The van der Waals surface area contributed by atoms with Gasteiger partial charge in [-0.1, -0.05) is 68.1 Å². The lowest BCUT2D eigenvalue weighted by atomic mass is 10.1. The number of nitrogens with two attached hydrogens (primary N) is 1. The van der Waals surface area contributed by atoms with E-state index in [1.54, 1.807) is 13.8 Å². The second kappa shape index (κ2) is 10.4. The van der Waals surface area contributed by atoms with Gasteiger partial charge in [-0.25, -0.2) is 0 Å². The van der Waals surface area contributed by atoms with Crippen molar-refractivity contribution < 1.29 is 9.53 Å². The molecule has 7 heteroatoms. The van der Waals surface area contributed by atoms with Crippen LogP contribution in [0.5, 0.6) is 0 Å². The third kappa shape index (κ3) is 5.63. The van der Waals surface area contributed by atoms with Gasteiger partial charge in [0.2, 0.25) is 5.91 Å². The maximum atomic E-state index is 12.7. The highest BCUT2D eigenvalue weighted by Gasteiger charge is 2.28. The molecule has 0 aliphatic heterocycles. The lowest BCUT2D eigenvalue weighted by Gasteiger charge is -2.23. The van der Waals surface area contributed by atoms with Crippen LogP contribution in [0, 0.1) is 0 Å². The third-order valence-corrected chi connectivity index (χ3v) is 5.14. The maximum absolute atomic E-state index is 12.7. The van der Waals surface area contributed by atoms with Crippen molar-refractivity contribution in [2.24, 2.45) is 5.73 Å². The van der Waals surface area contributed by atoms with E-state index in [1.165, 1.54) is 0 Å². The number of rotatable bonds is 8. The van der Waals surface area contributed by atoms with Crippen LogP contribution in [-0.4, -0.2) is 32.7 Å². The minimum absolute atomic E-state index is 0. The molecule has 0 spiro atoms. The Labute approximate surface area is 194 Å². The van der Waals surface area contributed by atoms with Gasteiger partial charge in [0.25, 0.3) is 0 Å². The van der Waals surface area contributed by atoms with Crippen LogP contribution >= 0.6 is 0 Å². The average Bonchev–Trinajstić information content (AvgIpc) is 3.23. The molecule has 3 N–H and O–H groups in total. The van der Waals surface area contributed by atoms with Gasteiger partial charge in [-0.2, -0.15) is 0 Å². The van der Waals surface area contributed by atoms with Crippen LogP contribution in [0.1, 0.15) is 38.7 Å².